The van der Waals surface area contributed by atoms with Crippen molar-refractivity contribution in [3.63, 3.8) is 0 Å². The first-order valence-electron chi connectivity index (χ1n) is 7.10. The molecular formula is C15H12ClF4N3O. The summed E-state index contributed by atoms with van der Waals surface area (Å²) in [5.41, 5.74) is -0.142. The Hall–Kier alpha value is -1.93. The van der Waals surface area contributed by atoms with Gasteiger partial charge in [-0.3, -0.25) is 9.69 Å². The lowest BCUT2D eigenvalue weighted by Gasteiger charge is -2.28. The highest BCUT2D eigenvalue weighted by Crippen LogP contribution is 2.27. The molecular weight excluding hydrogens is 350 g/mol. The number of H-pyrrole nitrogens is 1. The fourth-order valence-electron chi connectivity index (χ4n) is 2.66. The Morgan fingerprint density at radius 3 is 2.79 bits per heavy atom. The van der Waals surface area contributed by atoms with Crippen LogP contribution in [0.2, 0.25) is 5.02 Å². The molecule has 0 saturated heterocycles. The van der Waals surface area contributed by atoms with Crippen molar-refractivity contribution >= 4 is 11.6 Å². The highest BCUT2D eigenvalue weighted by atomic mass is 35.5. The molecule has 1 aromatic heterocycles. The smallest absolute Gasteiger partial charge is 0.303 e. The first-order chi connectivity index (χ1) is 11.3. The Morgan fingerprint density at radius 2 is 2.08 bits per heavy atom. The van der Waals surface area contributed by atoms with Crippen LogP contribution in [0.15, 0.2) is 23.0 Å². The van der Waals surface area contributed by atoms with Crippen LogP contribution in [-0.4, -0.2) is 21.4 Å². The molecule has 1 N–H and O–H groups in total. The Balaban J connectivity index is 1.85. The third kappa shape index (κ3) is 3.29. The largest absolute Gasteiger partial charge is 0.449 e. The average Bonchev–Trinajstić information content (AvgIpc) is 2.51. The number of fused-ring (bicyclic) bond motifs is 1. The molecule has 3 rings (SSSR count). The van der Waals surface area contributed by atoms with Crippen molar-refractivity contribution in [1.29, 1.82) is 0 Å². The summed E-state index contributed by atoms with van der Waals surface area (Å²) in [7, 11) is 0. The molecule has 2 heterocycles. The maximum atomic E-state index is 14.0. The molecule has 24 heavy (non-hydrogen) atoms. The number of hydrogen-bond acceptors (Lipinski definition) is 3. The maximum Gasteiger partial charge on any atom is 0.449 e. The van der Waals surface area contributed by atoms with E-state index in [2.05, 4.69) is 4.98 Å². The lowest BCUT2D eigenvalue weighted by molar-refractivity contribution is -0.145. The molecule has 0 bridgehead atoms. The molecule has 0 radical (unpaired) electrons. The summed E-state index contributed by atoms with van der Waals surface area (Å²) in [6.07, 6.45) is -4.51. The summed E-state index contributed by atoms with van der Waals surface area (Å²) in [5.74, 6) is -1.83. The van der Waals surface area contributed by atoms with E-state index >= 15 is 0 Å². The third-order valence-electron chi connectivity index (χ3n) is 3.84. The topological polar surface area (TPSA) is 49.0 Å². The summed E-state index contributed by atoms with van der Waals surface area (Å²) in [6.45, 7) is 0.667. The first kappa shape index (κ1) is 16.9. The van der Waals surface area contributed by atoms with Gasteiger partial charge < -0.3 is 4.98 Å². The van der Waals surface area contributed by atoms with Crippen molar-refractivity contribution in [3.8, 4) is 0 Å². The van der Waals surface area contributed by atoms with E-state index < -0.39 is 23.4 Å². The Bertz CT molecular complexity index is 834. The predicted molar refractivity (Wildman–Crippen MR) is 79.1 cm³/mol. The van der Waals surface area contributed by atoms with Crippen molar-refractivity contribution in [3.05, 3.63) is 62.0 Å². The minimum absolute atomic E-state index is 0.000701. The zero-order chi connectivity index (χ0) is 17.5. The molecule has 1 aliphatic rings. The van der Waals surface area contributed by atoms with Gasteiger partial charge in [-0.2, -0.15) is 13.2 Å². The van der Waals surface area contributed by atoms with Gasteiger partial charge in [0.2, 0.25) is 5.82 Å². The minimum atomic E-state index is -4.70. The van der Waals surface area contributed by atoms with Gasteiger partial charge in [-0.15, -0.1) is 0 Å². The number of aromatic nitrogens is 2. The van der Waals surface area contributed by atoms with Crippen molar-refractivity contribution in [2.75, 3.05) is 6.54 Å². The molecule has 0 unspecified atom stereocenters. The van der Waals surface area contributed by atoms with Crippen molar-refractivity contribution < 1.29 is 17.6 Å². The van der Waals surface area contributed by atoms with Gasteiger partial charge in [0.15, 0.2) is 0 Å². The van der Waals surface area contributed by atoms with Gasteiger partial charge in [0.25, 0.3) is 5.56 Å². The second-order valence-corrected chi connectivity index (χ2v) is 5.92. The summed E-state index contributed by atoms with van der Waals surface area (Å²) in [5, 5.41) is -0.000701. The van der Waals surface area contributed by atoms with Gasteiger partial charge in [-0.1, -0.05) is 23.7 Å². The van der Waals surface area contributed by atoms with Crippen molar-refractivity contribution in [2.24, 2.45) is 0 Å². The number of alkyl halides is 3. The van der Waals surface area contributed by atoms with E-state index in [1.165, 1.54) is 6.07 Å². The lowest BCUT2D eigenvalue weighted by Crippen LogP contribution is -2.36. The van der Waals surface area contributed by atoms with E-state index in [0.29, 0.717) is 12.1 Å². The molecule has 4 nitrogen and oxygen atoms in total. The predicted octanol–water partition coefficient (Wildman–Crippen LogP) is 3.14. The second kappa shape index (κ2) is 6.18. The fraction of sp³-hybridized carbons (Fsp3) is 0.333. The molecule has 0 atom stereocenters. The zero-order valence-electron chi connectivity index (χ0n) is 12.3. The maximum absolute atomic E-state index is 14.0. The first-order valence-corrected chi connectivity index (χ1v) is 7.48. The van der Waals surface area contributed by atoms with Crippen LogP contribution in [0.25, 0.3) is 0 Å². The molecule has 0 amide bonds. The number of nitrogens with one attached hydrogen (secondary N) is 1. The summed E-state index contributed by atoms with van der Waals surface area (Å²) >= 11 is 5.73. The zero-order valence-corrected chi connectivity index (χ0v) is 13.0. The van der Waals surface area contributed by atoms with Gasteiger partial charge in [-0.25, -0.2) is 9.37 Å². The van der Waals surface area contributed by atoms with E-state index in [0.717, 1.165) is 0 Å². The number of nitrogens with zero attached hydrogens (tertiary/aromatic N) is 2. The number of hydrogen-bond donors (Lipinski definition) is 1. The van der Waals surface area contributed by atoms with E-state index in [1.807, 2.05) is 0 Å². The Labute approximate surface area is 139 Å². The molecule has 2 aromatic rings. The molecule has 1 aromatic carbocycles. The van der Waals surface area contributed by atoms with Crippen LogP contribution in [-0.2, 0) is 25.7 Å². The van der Waals surface area contributed by atoms with Crippen LogP contribution >= 0.6 is 11.6 Å². The highest BCUT2D eigenvalue weighted by molar-refractivity contribution is 6.30. The van der Waals surface area contributed by atoms with Gasteiger partial charge in [0.05, 0.1) is 16.3 Å². The highest BCUT2D eigenvalue weighted by Gasteiger charge is 2.36. The Kier molecular flexibility index (Phi) is 4.35. The molecule has 0 fully saturated rings. The standard InChI is InChI=1S/C15H12ClF4N3O/c16-10-3-1-2-8(12(10)17)6-23-5-4-11-9(7-23)13(24)22-14(21-11)15(18,19)20/h1-3H,4-7H2,(H,21,22,24). The van der Waals surface area contributed by atoms with E-state index in [-0.39, 0.29) is 35.8 Å². The quantitative estimate of drug-likeness (QED) is 0.836. The van der Waals surface area contributed by atoms with E-state index in [9.17, 15) is 22.4 Å². The average molecular weight is 362 g/mol. The molecule has 1 aliphatic heterocycles. The van der Waals surface area contributed by atoms with E-state index in [4.69, 9.17) is 11.6 Å². The molecule has 0 saturated carbocycles. The number of benzene rings is 1. The molecule has 128 valence electrons. The summed E-state index contributed by atoms with van der Waals surface area (Å²) in [4.78, 5) is 19.0. The minimum Gasteiger partial charge on any atom is -0.303 e. The second-order valence-electron chi connectivity index (χ2n) is 5.51. The van der Waals surface area contributed by atoms with Gasteiger partial charge in [0, 0.05) is 31.6 Å². The molecule has 9 heteroatoms. The number of halogens is 5. The van der Waals surface area contributed by atoms with Crippen LogP contribution in [0.3, 0.4) is 0 Å². The third-order valence-corrected chi connectivity index (χ3v) is 4.13. The fourth-order valence-corrected chi connectivity index (χ4v) is 2.86. The van der Waals surface area contributed by atoms with Crippen LogP contribution < -0.4 is 5.56 Å². The molecule has 0 aliphatic carbocycles. The monoisotopic (exact) mass is 361 g/mol. The summed E-state index contributed by atoms with van der Waals surface area (Å²) < 4.78 is 52.0. The van der Waals surface area contributed by atoms with Crippen LogP contribution in [0.1, 0.15) is 22.6 Å². The normalized spacial score (nSPS) is 15.4. The number of rotatable bonds is 2. The van der Waals surface area contributed by atoms with Crippen LogP contribution in [0, 0.1) is 5.82 Å². The number of aromatic amines is 1. The lowest BCUT2D eigenvalue weighted by atomic mass is 10.1. The molecule has 0 spiro atoms. The Morgan fingerprint density at radius 1 is 1.33 bits per heavy atom. The van der Waals surface area contributed by atoms with Gasteiger partial charge >= 0.3 is 6.18 Å². The summed E-state index contributed by atoms with van der Waals surface area (Å²) in [6, 6.07) is 4.62. The van der Waals surface area contributed by atoms with Crippen molar-refractivity contribution in [1.82, 2.24) is 14.9 Å². The van der Waals surface area contributed by atoms with Gasteiger partial charge in [0.1, 0.15) is 5.82 Å². The van der Waals surface area contributed by atoms with Crippen LogP contribution in [0.5, 0.6) is 0 Å². The van der Waals surface area contributed by atoms with Crippen molar-refractivity contribution in [2.45, 2.75) is 25.7 Å². The SMILES string of the molecule is O=c1[nH]c(C(F)(F)F)nc2c1CN(Cc1cccc(Cl)c1F)CC2. The van der Waals surface area contributed by atoms with E-state index in [1.54, 1.807) is 22.0 Å². The van der Waals surface area contributed by atoms with Crippen LogP contribution in [0.4, 0.5) is 17.6 Å². The van der Waals surface area contributed by atoms with Gasteiger partial charge in [-0.05, 0) is 6.07 Å².